The third kappa shape index (κ3) is 7.93. The second kappa shape index (κ2) is 10.8. The summed E-state index contributed by atoms with van der Waals surface area (Å²) >= 11 is 0. The molecule has 1 aliphatic heterocycles. The maximum absolute atomic E-state index is 12.0. The molecular weight excluding hydrogens is 480 g/mol. The predicted molar refractivity (Wildman–Crippen MR) is 102 cm³/mol. The molecule has 32 heavy (non-hydrogen) atoms. The molecule has 1 aliphatic rings. The maximum atomic E-state index is 12.0. The van der Waals surface area contributed by atoms with Crippen molar-refractivity contribution in [2.75, 3.05) is 6.61 Å². The molecule has 17 heteroatoms. The number of carbonyl (C=O) groups is 4. The molecule has 1 heterocycles. The van der Waals surface area contributed by atoms with Gasteiger partial charge in [-0.25, -0.2) is 0 Å². The molecule has 1 rings (SSSR count). The van der Waals surface area contributed by atoms with Crippen LogP contribution >= 0.6 is 15.2 Å². The fourth-order valence-electron chi connectivity index (χ4n) is 3.20. The van der Waals surface area contributed by atoms with E-state index in [0.717, 1.165) is 27.7 Å². The summed E-state index contributed by atoms with van der Waals surface area (Å²) in [7, 11) is -11.2. The molecule has 0 aliphatic carbocycles. The largest absolute Gasteiger partial charge is 0.463 e. The quantitative estimate of drug-likeness (QED) is 0.142. The van der Waals surface area contributed by atoms with Crippen LogP contribution in [0.15, 0.2) is 0 Å². The molecule has 1 unspecified atom stereocenters. The first kappa shape index (κ1) is 28.2. The topological polar surface area (TPSA) is 232 Å². The molecular formula is C15H25NO14P2. The van der Waals surface area contributed by atoms with Crippen molar-refractivity contribution >= 4 is 39.0 Å². The van der Waals surface area contributed by atoms with Gasteiger partial charge in [-0.3, -0.25) is 28.3 Å². The molecule has 0 aromatic heterocycles. The lowest BCUT2D eigenvalue weighted by atomic mass is 9.92. The standard InChI is InChI=1S/C15H25NO14P2/c1-6(17)16-11-13(29-9(4)20)12(28-8(3)19)10(5-27-7(2)18)30-14(11)15(31(21,22)23)32(24,25)26/h10-15H,5H2,1-4H3,(H,16,17)(H2,21,22,23)(H2,24,25,26)/t10-,11-,12-,13-,14?/m1/s1. The smallest absolute Gasteiger partial charge is 0.343 e. The van der Waals surface area contributed by atoms with E-state index in [9.17, 15) is 47.9 Å². The molecule has 0 radical (unpaired) electrons. The van der Waals surface area contributed by atoms with E-state index >= 15 is 0 Å². The van der Waals surface area contributed by atoms with E-state index in [1.165, 1.54) is 0 Å². The number of hydrogen-bond acceptors (Lipinski definition) is 10. The minimum absolute atomic E-state index is 0.705. The lowest BCUT2D eigenvalue weighted by Crippen LogP contribution is -2.68. The Morgan fingerprint density at radius 3 is 1.72 bits per heavy atom. The molecule has 1 amide bonds. The number of nitrogens with one attached hydrogen (secondary N) is 1. The van der Waals surface area contributed by atoms with Gasteiger partial charge in [-0.15, -0.1) is 0 Å². The molecule has 0 bridgehead atoms. The monoisotopic (exact) mass is 505 g/mol. The van der Waals surface area contributed by atoms with E-state index in [-0.39, 0.29) is 0 Å². The third-order valence-electron chi connectivity index (χ3n) is 4.14. The molecule has 5 atom stereocenters. The first-order chi connectivity index (χ1) is 14.4. The molecule has 184 valence electrons. The number of ether oxygens (including phenoxy) is 4. The highest BCUT2D eigenvalue weighted by Gasteiger charge is 2.60. The summed E-state index contributed by atoms with van der Waals surface area (Å²) in [5.41, 5.74) is 0. The van der Waals surface area contributed by atoms with E-state index in [4.69, 9.17) is 18.9 Å². The minimum Gasteiger partial charge on any atom is -0.463 e. The number of rotatable bonds is 8. The SMILES string of the molecule is CC(=O)N[C@H]1C(C(P(=O)(O)O)P(=O)(O)O)O[C@H](COC(C)=O)[C@@H](OC(C)=O)[C@@H]1OC(C)=O. The van der Waals surface area contributed by atoms with Crippen molar-refractivity contribution in [1.82, 2.24) is 5.32 Å². The fourth-order valence-corrected chi connectivity index (χ4v) is 6.05. The average Bonchev–Trinajstić information content (AvgIpc) is 2.54. The van der Waals surface area contributed by atoms with Crippen LogP contribution in [-0.2, 0) is 47.3 Å². The van der Waals surface area contributed by atoms with Crippen molar-refractivity contribution in [2.45, 2.75) is 63.6 Å². The average molecular weight is 505 g/mol. The van der Waals surface area contributed by atoms with E-state index in [1.54, 1.807) is 0 Å². The van der Waals surface area contributed by atoms with Gasteiger partial charge in [-0.2, -0.15) is 0 Å². The fraction of sp³-hybridized carbons (Fsp3) is 0.733. The van der Waals surface area contributed by atoms with Crippen molar-refractivity contribution in [3.05, 3.63) is 0 Å². The molecule has 1 fully saturated rings. The highest BCUT2D eigenvalue weighted by molar-refractivity contribution is 7.71. The molecule has 0 spiro atoms. The molecule has 1 saturated heterocycles. The van der Waals surface area contributed by atoms with Gasteiger partial charge in [0.2, 0.25) is 5.91 Å². The van der Waals surface area contributed by atoms with Crippen molar-refractivity contribution in [3.8, 4) is 0 Å². The van der Waals surface area contributed by atoms with Crippen molar-refractivity contribution in [1.29, 1.82) is 0 Å². The van der Waals surface area contributed by atoms with Gasteiger partial charge in [0.05, 0.1) is 6.04 Å². The summed E-state index contributed by atoms with van der Waals surface area (Å²) in [5, 5.41) is -0.629. The second-order valence-corrected chi connectivity index (χ2v) is 10.8. The van der Waals surface area contributed by atoms with Gasteiger partial charge in [0, 0.05) is 27.7 Å². The molecule has 0 saturated carbocycles. The first-order valence-electron chi connectivity index (χ1n) is 8.96. The van der Waals surface area contributed by atoms with Crippen LogP contribution in [0.3, 0.4) is 0 Å². The summed E-state index contributed by atoms with van der Waals surface area (Å²) in [4.78, 5) is 84.9. The lowest BCUT2D eigenvalue weighted by Gasteiger charge is -2.47. The van der Waals surface area contributed by atoms with E-state index in [2.05, 4.69) is 5.32 Å². The summed E-state index contributed by atoms with van der Waals surface area (Å²) < 4.78 is 44.4. The van der Waals surface area contributed by atoms with Gasteiger partial charge >= 0.3 is 33.1 Å². The Morgan fingerprint density at radius 2 is 1.34 bits per heavy atom. The number of amides is 1. The highest BCUT2D eigenvalue weighted by Crippen LogP contribution is 2.63. The van der Waals surface area contributed by atoms with Gasteiger partial charge < -0.3 is 43.8 Å². The minimum atomic E-state index is -5.61. The molecule has 0 aromatic carbocycles. The van der Waals surface area contributed by atoms with Crippen LogP contribution in [-0.4, -0.2) is 85.9 Å². The number of carbonyl (C=O) groups excluding carboxylic acids is 4. The van der Waals surface area contributed by atoms with Crippen LogP contribution in [0, 0.1) is 0 Å². The maximum Gasteiger partial charge on any atom is 0.343 e. The van der Waals surface area contributed by atoms with Gasteiger partial charge in [0.25, 0.3) is 0 Å². The summed E-state index contributed by atoms with van der Waals surface area (Å²) in [6.45, 7) is 3.19. The molecule has 5 N–H and O–H groups in total. The second-order valence-electron chi connectivity index (χ2n) is 6.91. The van der Waals surface area contributed by atoms with E-state index in [1.807, 2.05) is 0 Å². The Kier molecular flexibility index (Phi) is 9.54. The van der Waals surface area contributed by atoms with Crippen molar-refractivity contribution in [3.63, 3.8) is 0 Å². The first-order valence-corrected chi connectivity index (χ1v) is 12.3. The lowest BCUT2D eigenvalue weighted by molar-refractivity contribution is -0.222. The normalized spacial score (nSPS) is 26.2. The Balaban J connectivity index is 3.69. The zero-order valence-electron chi connectivity index (χ0n) is 17.4. The molecule has 15 nitrogen and oxygen atoms in total. The van der Waals surface area contributed by atoms with Crippen LogP contribution in [0.1, 0.15) is 27.7 Å². The van der Waals surface area contributed by atoms with Crippen LogP contribution in [0.5, 0.6) is 0 Å². The number of esters is 3. The Bertz CT molecular complexity index is 812. The Labute approximate surface area is 182 Å². The van der Waals surface area contributed by atoms with E-state index < -0.39 is 81.5 Å². The van der Waals surface area contributed by atoms with Crippen LogP contribution in [0.25, 0.3) is 0 Å². The number of hydrogen-bond donors (Lipinski definition) is 5. The summed E-state index contributed by atoms with van der Waals surface area (Å²) in [5.74, 6) is -3.60. The summed E-state index contributed by atoms with van der Waals surface area (Å²) in [6.07, 6.45) is -7.04. The third-order valence-corrected chi connectivity index (χ3v) is 7.91. The predicted octanol–water partition coefficient (Wildman–Crippen LogP) is -1.63. The van der Waals surface area contributed by atoms with Gasteiger partial charge in [-0.05, 0) is 0 Å². The van der Waals surface area contributed by atoms with Crippen LogP contribution in [0.2, 0.25) is 0 Å². The molecule has 0 aromatic rings. The van der Waals surface area contributed by atoms with Gasteiger partial charge in [0.15, 0.2) is 17.6 Å². The zero-order chi connectivity index (χ0) is 25.0. The van der Waals surface area contributed by atoms with Crippen molar-refractivity contribution in [2.24, 2.45) is 0 Å². The van der Waals surface area contributed by atoms with Gasteiger partial charge in [0.1, 0.15) is 18.8 Å². The van der Waals surface area contributed by atoms with Crippen molar-refractivity contribution < 1.29 is 66.8 Å². The Morgan fingerprint density at radius 1 is 0.875 bits per heavy atom. The Hall–Kier alpha value is -1.86. The zero-order valence-corrected chi connectivity index (χ0v) is 19.2. The van der Waals surface area contributed by atoms with Crippen LogP contribution in [0.4, 0.5) is 0 Å². The summed E-state index contributed by atoms with van der Waals surface area (Å²) in [6, 6.07) is -1.78. The van der Waals surface area contributed by atoms with Gasteiger partial charge in [-0.1, -0.05) is 0 Å². The van der Waals surface area contributed by atoms with Crippen LogP contribution < -0.4 is 5.32 Å². The van der Waals surface area contributed by atoms with E-state index in [0.29, 0.717) is 0 Å². The highest BCUT2D eigenvalue weighted by atomic mass is 31.2.